The minimum atomic E-state index is -1.04. The first-order valence-corrected chi connectivity index (χ1v) is 6.80. The Bertz CT molecular complexity index is 342. The number of carboxylic acid groups (broad SMARTS) is 1. The lowest BCUT2D eigenvalue weighted by Gasteiger charge is -2.30. The maximum Gasteiger partial charge on any atom is 0.329 e. The first-order chi connectivity index (χ1) is 8.46. The van der Waals surface area contributed by atoms with Crippen LogP contribution in [-0.4, -0.2) is 28.2 Å². The number of hydrogen-bond acceptors (Lipinski definition) is 2. The van der Waals surface area contributed by atoms with Crippen molar-refractivity contribution in [1.82, 2.24) is 10.6 Å². The van der Waals surface area contributed by atoms with Gasteiger partial charge in [-0.1, -0.05) is 25.7 Å². The molecule has 3 N–H and O–H groups in total. The van der Waals surface area contributed by atoms with Crippen molar-refractivity contribution in [3.05, 3.63) is 0 Å². The Hall–Kier alpha value is -1.26. The Kier molecular flexibility index (Phi) is 3.50. The molecule has 0 bridgehead atoms. The average molecular weight is 254 g/mol. The molecule has 0 radical (unpaired) electrons. The summed E-state index contributed by atoms with van der Waals surface area (Å²) in [6, 6.07) is -0.330. The summed E-state index contributed by atoms with van der Waals surface area (Å²) in [6.07, 6.45) is 7.00. The minimum Gasteiger partial charge on any atom is -0.480 e. The lowest BCUT2D eigenvalue weighted by molar-refractivity contribution is -0.144. The molecule has 2 rings (SSSR count). The van der Waals surface area contributed by atoms with Gasteiger partial charge in [0.15, 0.2) is 0 Å². The number of amides is 2. The van der Waals surface area contributed by atoms with Crippen LogP contribution in [0, 0.1) is 0 Å². The number of carbonyl (C=O) groups excluding carboxylic acids is 1. The highest BCUT2D eigenvalue weighted by molar-refractivity contribution is 5.86. The number of nitrogens with one attached hydrogen (secondary N) is 2. The van der Waals surface area contributed by atoms with Crippen LogP contribution >= 0.6 is 0 Å². The maximum atomic E-state index is 12.0. The van der Waals surface area contributed by atoms with Gasteiger partial charge in [0.2, 0.25) is 0 Å². The van der Waals surface area contributed by atoms with Gasteiger partial charge in [0, 0.05) is 5.54 Å². The molecule has 18 heavy (non-hydrogen) atoms. The van der Waals surface area contributed by atoms with Gasteiger partial charge in [-0.15, -0.1) is 0 Å². The largest absolute Gasteiger partial charge is 0.480 e. The Morgan fingerprint density at radius 3 is 1.94 bits per heavy atom. The summed E-state index contributed by atoms with van der Waals surface area (Å²) in [5.74, 6) is -0.910. The SMILES string of the molecule is CC1(NC(=O)NC2(C(=O)O)CCCC2)CCCC1. The molecule has 2 fully saturated rings. The summed E-state index contributed by atoms with van der Waals surface area (Å²) in [5.41, 5.74) is -1.21. The zero-order valence-electron chi connectivity index (χ0n) is 10.9. The van der Waals surface area contributed by atoms with Gasteiger partial charge in [0.05, 0.1) is 0 Å². The number of aliphatic carboxylic acids is 1. The van der Waals surface area contributed by atoms with E-state index in [2.05, 4.69) is 10.6 Å². The molecule has 0 aromatic rings. The fraction of sp³-hybridized carbons (Fsp3) is 0.846. The number of urea groups is 1. The molecule has 0 atom stereocenters. The predicted octanol–water partition coefficient (Wildman–Crippen LogP) is 2.02. The molecule has 5 nitrogen and oxygen atoms in total. The Morgan fingerprint density at radius 1 is 0.944 bits per heavy atom. The summed E-state index contributed by atoms with van der Waals surface area (Å²) < 4.78 is 0. The van der Waals surface area contributed by atoms with Crippen molar-refractivity contribution >= 4 is 12.0 Å². The van der Waals surface area contributed by atoms with Gasteiger partial charge >= 0.3 is 12.0 Å². The second-order valence-electron chi connectivity index (χ2n) is 5.94. The van der Waals surface area contributed by atoms with Crippen LogP contribution in [0.1, 0.15) is 58.3 Å². The topological polar surface area (TPSA) is 78.4 Å². The van der Waals surface area contributed by atoms with Crippen molar-refractivity contribution in [1.29, 1.82) is 0 Å². The van der Waals surface area contributed by atoms with E-state index in [1.54, 1.807) is 0 Å². The minimum absolute atomic E-state index is 0.164. The predicted molar refractivity (Wildman–Crippen MR) is 67.4 cm³/mol. The molecule has 0 aromatic carbocycles. The zero-order chi connectivity index (χ0) is 13.2. The van der Waals surface area contributed by atoms with Gasteiger partial charge in [-0.25, -0.2) is 9.59 Å². The van der Waals surface area contributed by atoms with Crippen LogP contribution in [0.15, 0.2) is 0 Å². The molecular formula is C13H22N2O3. The first kappa shape index (κ1) is 13.2. The van der Waals surface area contributed by atoms with Gasteiger partial charge in [-0.3, -0.25) is 0 Å². The van der Waals surface area contributed by atoms with E-state index in [0.29, 0.717) is 12.8 Å². The molecular weight excluding hydrogens is 232 g/mol. The van der Waals surface area contributed by atoms with Crippen LogP contribution in [0.5, 0.6) is 0 Å². The summed E-state index contributed by atoms with van der Waals surface area (Å²) in [5, 5.41) is 14.9. The van der Waals surface area contributed by atoms with Crippen molar-refractivity contribution in [3.8, 4) is 0 Å². The van der Waals surface area contributed by atoms with E-state index in [0.717, 1.165) is 38.5 Å². The van der Waals surface area contributed by atoms with Crippen LogP contribution < -0.4 is 10.6 Å². The third-order valence-electron chi connectivity index (χ3n) is 4.34. The molecule has 0 saturated heterocycles. The van der Waals surface area contributed by atoms with Crippen LogP contribution in [0.25, 0.3) is 0 Å². The summed E-state index contributed by atoms with van der Waals surface area (Å²) in [4.78, 5) is 23.3. The van der Waals surface area contributed by atoms with Crippen molar-refractivity contribution in [3.63, 3.8) is 0 Å². The highest BCUT2D eigenvalue weighted by Crippen LogP contribution is 2.31. The Balaban J connectivity index is 1.95. The van der Waals surface area contributed by atoms with Gasteiger partial charge < -0.3 is 15.7 Å². The van der Waals surface area contributed by atoms with Crippen LogP contribution in [0.2, 0.25) is 0 Å². The fourth-order valence-corrected chi connectivity index (χ4v) is 3.17. The molecule has 0 unspecified atom stereocenters. The third kappa shape index (κ3) is 2.60. The van der Waals surface area contributed by atoms with Crippen molar-refractivity contribution in [2.75, 3.05) is 0 Å². The maximum absolute atomic E-state index is 12.0. The monoisotopic (exact) mass is 254 g/mol. The van der Waals surface area contributed by atoms with E-state index in [-0.39, 0.29) is 11.6 Å². The number of hydrogen-bond donors (Lipinski definition) is 3. The molecule has 2 amide bonds. The second-order valence-corrected chi connectivity index (χ2v) is 5.94. The van der Waals surface area contributed by atoms with Gasteiger partial charge in [0.1, 0.15) is 5.54 Å². The second kappa shape index (κ2) is 4.78. The van der Waals surface area contributed by atoms with Crippen LogP contribution in [0.4, 0.5) is 4.79 Å². The van der Waals surface area contributed by atoms with Crippen molar-refractivity contribution in [2.24, 2.45) is 0 Å². The van der Waals surface area contributed by atoms with Gasteiger partial charge in [-0.2, -0.15) is 0 Å². The lowest BCUT2D eigenvalue weighted by Crippen LogP contribution is -2.58. The zero-order valence-corrected chi connectivity index (χ0v) is 10.9. The van der Waals surface area contributed by atoms with E-state index in [9.17, 15) is 14.7 Å². The molecule has 102 valence electrons. The molecule has 2 saturated carbocycles. The molecule has 0 spiro atoms. The highest BCUT2D eigenvalue weighted by Gasteiger charge is 2.43. The summed E-state index contributed by atoms with van der Waals surface area (Å²) >= 11 is 0. The van der Waals surface area contributed by atoms with Crippen molar-refractivity contribution < 1.29 is 14.7 Å². The Labute approximate surface area is 107 Å². The highest BCUT2D eigenvalue weighted by atomic mass is 16.4. The van der Waals surface area contributed by atoms with E-state index >= 15 is 0 Å². The molecule has 0 heterocycles. The summed E-state index contributed by atoms with van der Waals surface area (Å²) in [7, 11) is 0. The molecule has 2 aliphatic carbocycles. The third-order valence-corrected chi connectivity index (χ3v) is 4.34. The molecule has 5 heteroatoms. The average Bonchev–Trinajstić information content (AvgIpc) is 2.88. The van der Waals surface area contributed by atoms with Gasteiger partial charge in [-0.05, 0) is 32.6 Å². The van der Waals surface area contributed by atoms with Crippen molar-refractivity contribution in [2.45, 2.75) is 69.4 Å². The fourth-order valence-electron chi connectivity index (χ4n) is 3.17. The molecule has 2 aliphatic rings. The van der Waals surface area contributed by atoms with E-state index in [1.165, 1.54) is 0 Å². The van der Waals surface area contributed by atoms with Gasteiger partial charge in [0.25, 0.3) is 0 Å². The lowest BCUT2D eigenvalue weighted by atomic mass is 9.97. The van der Waals surface area contributed by atoms with E-state index in [1.807, 2.05) is 6.92 Å². The molecule has 0 aromatic heterocycles. The quantitative estimate of drug-likeness (QED) is 0.721. The first-order valence-electron chi connectivity index (χ1n) is 6.80. The van der Waals surface area contributed by atoms with E-state index < -0.39 is 11.5 Å². The van der Waals surface area contributed by atoms with Crippen LogP contribution in [-0.2, 0) is 4.79 Å². The van der Waals surface area contributed by atoms with Crippen LogP contribution in [0.3, 0.4) is 0 Å². The van der Waals surface area contributed by atoms with E-state index in [4.69, 9.17) is 0 Å². The standard InChI is InChI=1S/C13H22N2O3/c1-12(6-2-3-7-12)14-11(18)15-13(10(16)17)8-4-5-9-13/h2-9H2,1H3,(H,16,17)(H2,14,15,18). The molecule has 0 aliphatic heterocycles. The smallest absolute Gasteiger partial charge is 0.329 e. The number of rotatable bonds is 3. The normalized spacial score (nSPS) is 24.7. The Morgan fingerprint density at radius 2 is 1.44 bits per heavy atom. The number of carboxylic acids is 1. The number of carbonyl (C=O) groups is 2. The summed E-state index contributed by atoms with van der Waals surface area (Å²) in [6.45, 7) is 2.03.